The van der Waals surface area contributed by atoms with Crippen molar-refractivity contribution in [1.82, 2.24) is 20.2 Å². The Hall–Kier alpha value is -4.11. The maximum atomic E-state index is 12.3. The number of benzene rings is 2. The molecule has 1 heterocycles. The summed E-state index contributed by atoms with van der Waals surface area (Å²) in [6, 6.07) is 11.0. The van der Waals surface area contributed by atoms with Crippen LogP contribution >= 0.6 is 11.8 Å². The highest BCUT2D eigenvalue weighted by molar-refractivity contribution is 7.99. The van der Waals surface area contributed by atoms with Gasteiger partial charge >= 0.3 is 5.97 Å². The summed E-state index contributed by atoms with van der Waals surface area (Å²) in [6.07, 6.45) is 0. The first-order valence-corrected chi connectivity index (χ1v) is 8.86. The van der Waals surface area contributed by atoms with Gasteiger partial charge in [-0.3, -0.25) is 14.9 Å². The fourth-order valence-electron chi connectivity index (χ4n) is 2.35. The van der Waals surface area contributed by atoms with Crippen LogP contribution in [0, 0.1) is 21.4 Å². The van der Waals surface area contributed by atoms with E-state index in [1.807, 2.05) is 6.07 Å². The number of carboxylic acids is 1. The monoisotopic (exact) mass is 410 g/mol. The molecule has 29 heavy (non-hydrogen) atoms. The molecule has 0 bridgehead atoms. The number of non-ortho nitro benzene ring substituents is 1. The SMILES string of the molecule is N#Cc1cc(C(=O)O)ccc1-n1nnnc1SCC(=O)c1ccc([N+](=O)[O-])cc1. The second kappa shape index (κ2) is 8.28. The number of nitro benzene ring substituents is 1. The van der Waals surface area contributed by atoms with E-state index in [9.17, 15) is 25.0 Å². The molecular formula is C17H10N6O5S. The normalized spacial score (nSPS) is 10.3. The number of hydrogen-bond acceptors (Lipinski definition) is 9. The standard InChI is InChI=1S/C17H10N6O5S/c18-8-12-7-11(16(25)26)3-6-14(12)22-17(19-20-21-22)29-9-15(24)10-1-4-13(5-2-10)23(27)28/h1-7H,9H2,(H,25,26). The van der Waals surface area contributed by atoms with Gasteiger partial charge in [-0.05, 0) is 40.8 Å². The molecule has 12 heteroatoms. The number of aromatic carboxylic acids is 1. The van der Waals surface area contributed by atoms with Crippen LogP contribution in [0.25, 0.3) is 5.69 Å². The molecule has 0 unspecified atom stereocenters. The summed E-state index contributed by atoms with van der Waals surface area (Å²) in [5, 5.41) is 40.4. The summed E-state index contributed by atoms with van der Waals surface area (Å²) in [5.41, 5.74) is 0.451. The molecule has 144 valence electrons. The van der Waals surface area contributed by atoms with Gasteiger partial charge in [0, 0.05) is 17.7 Å². The molecule has 0 radical (unpaired) electrons. The third-order valence-electron chi connectivity index (χ3n) is 3.77. The van der Waals surface area contributed by atoms with Crippen LogP contribution in [0.15, 0.2) is 47.6 Å². The quantitative estimate of drug-likeness (QED) is 0.264. The average molecular weight is 410 g/mol. The minimum absolute atomic E-state index is 0.0483. The van der Waals surface area contributed by atoms with E-state index < -0.39 is 10.9 Å². The van der Waals surface area contributed by atoms with Crippen molar-refractivity contribution in [1.29, 1.82) is 5.26 Å². The van der Waals surface area contributed by atoms with Crippen LogP contribution < -0.4 is 0 Å². The zero-order valence-electron chi connectivity index (χ0n) is 14.4. The number of nitrogens with zero attached hydrogens (tertiary/aromatic N) is 6. The molecule has 0 atom stereocenters. The molecule has 11 nitrogen and oxygen atoms in total. The zero-order valence-corrected chi connectivity index (χ0v) is 15.2. The summed E-state index contributed by atoms with van der Waals surface area (Å²) in [6.45, 7) is 0. The van der Waals surface area contributed by atoms with E-state index in [1.54, 1.807) is 0 Å². The molecule has 0 saturated carbocycles. The van der Waals surface area contributed by atoms with E-state index in [1.165, 1.54) is 47.1 Å². The number of carboxylic acid groups (broad SMARTS) is 1. The van der Waals surface area contributed by atoms with Crippen LogP contribution in [-0.2, 0) is 0 Å². The minimum Gasteiger partial charge on any atom is -0.478 e. The van der Waals surface area contributed by atoms with Crippen molar-refractivity contribution >= 4 is 29.2 Å². The van der Waals surface area contributed by atoms with Gasteiger partial charge in [0.1, 0.15) is 6.07 Å². The maximum Gasteiger partial charge on any atom is 0.335 e. The van der Waals surface area contributed by atoms with E-state index in [4.69, 9.17) is 5.11 Å². The Labute approximate surface area is 166 Å². The van der Waals surface area contributed by atoms with Gasteiger partial charge in [0.05, 0.1) is 27.5 Å². The third kappa shape index (κ3) is 4.25. The lowest BCUT2D eigenvalue weighted by atomic mass is 10.1. The fourth-order valence-corrected chi connectivity index (χ4v) is 3.12. The summed E-state index contributed by atoms with van der Waals surface area (Å²) < 4.78 is 1.23. The number of nitriles is 1. The predicted octanol–water partition coefficient (Wildman–Crippen LogP) is 2.12. The van der Waals surface area contributed by atoms with Gasteiger partial charge in [0.15, 0.2) is 5.78 Å². The van der Waals surface area contributed by atoms with Crippen molar-refractivity contribution in [2.24, 2.45) is 0 Å². The van der Waals surface area contributed by atoms with E-state index in [-0.39, 0.29) is 39.2 Å². The Morgan fingerprint density at radius 3 is 2.52 bits per heavy atom. The van der Waals surface area contributed by atoms with Crippen molar-refractivity contribution < 1.29 is 19.6 Å². The van der Waals surface area contributed by atoms with E-state index in [0.29, 0.717) is 5.56 Å². The Kier molecular flexibility index (Phi) is 5.61. The fraction of sp³-hybridized carbons (Fsp3) is 0.0588. The number of carbonyl (C=O) groups is 2. The molecule has 0 saturated heterocycles. The summed E-state index contributed by atoms with van der Waals surface area (Å²) >= 11 is 1.01. The van der Waals surface area contributed by atoms with Crippen LogP contribution in [0.2, 0.25) is 0 Å². The van der Waals surface area contributed by atoms with Gasteiger partial charge < -0.3 is 5.11 Å². The number of carbonyl (C=O) groups excluding carboxylic acids is 1. The lowest BCUT2D eigenvalue weighted by Gasteiger charge is -2.07. The average Bonchev–Trinajstić information content (AvgIpc) is 3.19. The molecule has 0 aliphatic carbocycles. The molecule has 0 spiro atoms. The summed E-state index contributed by atoms with van der Waals surface area (Å²) in [4.78, 5) is 33.5. The third-order valence-corrected chi connectivity index (χ3v) is 4.68. The molecule has 2 aromatic carbocycles. The molecule has 3 rings (SSSR count). The van der Waals surface area contributed by atoms with Crippen molar-refractivity contribution in [3.05, 3.63) is 69.3 Å². The Morgan fingerprint density at radius 1 is 1.21 bits per heavy atom. The number of thioether (sulfide) groups is 1. The lowest BCUT2D eigenvalue weighted by Crippen LogP contribution is -2.07. The van der Waals surface area contributed by atoms with Crippen molar-refractivity contribution in [2.75, 3.05) is 5.75 Å². The van der Waals surface area contributed by atoms with Crippen molar-refractivity contribution in [2.45, 2.75) is 5.16 Å². The number of ketones is 1. The number of tetrazole rings is 1. The summed E-state index contributed by atoms with van der Waals surface area (Å²) in [5.74, 6) is -1.51. The molecule has 1 N–H and O–H groups in total. The number of hydrogen-bond donors (Lipinski definition) is 1. The van der Waals surface area contributed by atoms with Gasteiger partial charge in [0.25, 0.3) is 5.69 Å². The van der Waals surface area contributed by atoms with Crippen LogP contribution in [-0.4, -0.2) is 47.7 Å². The first-order chi connectivity index (χ1) is 13.9. The number of Topliss-reactive ketones (excluding diaryl/α,β-unsaturated/α-hetero) is 1. The largest absolute Gasteiger partial charge is 0.478 e. The van der Waals surface area contributed by atoms with Crippen molar-refractivity contribution in [3.8, 4) is 11.8 Å². The van der Waals surface area contributed by atoms with Gasteiger partial charge in [0.2, 0.25) is 5.16 Å². The Bertz CT molecular complexity index is 1150. The van der Waals surface area contributed by atoms with Gasteiger partial charge in [-0.1, -0.05) is 11.8 Å². The van der Waals surface area contributed by atoms with Gasteiger partial charge in [-0.25, -0.2) is 4.79 Å². The van der Waals surface area contributed by atoms with Crippen LogP contribution in [0.4, 0.5) is 5.69 Å². The number of nitro groups is 1. The van der Waals surface area contributed by atoms with E-state index in [0.717, 1.165) is 11.8 Å². The molecule has 0 aliphatic rings. The predicted molar refractivity (Wildman–Crippen MR) is 99.0 cm³/mol. The van der Waals surface area contributed by atoms with Gasteiger partial charge in [-0.15, -0.1) is 5.10 Å². The van der Waals surface area contributed by atoms with Crippen LogP contribution in [0.3, 0.4) is 0 Å². The maximum absolute atomic E-state index is 12.3. The van der Waals surface area contributed by atoms with E-state index in [2.05, 4.69) is 15.5 Å². The molecule has 3 aromatic rings. The first-order valence-electron chi connectivity index (χ1n) is 7.87. The molecule has 0 fully saturated rings. The first kappa shape index (κ1) is 19.6. The Morgan fingerprint density at radius 2 is 1.90 bits per heavy atom. The second-order valence-electron chi connectivity index (χ2n) is 5.54. The Balaban J connectivity index is 1.79. The second-order valence-corrected chi connectivity index (χ2v) is 6.48. The topological polar surface area (TPSA) is 165 Å². The highest BCUT2D eigenvalue weighted by atomic mass is 32.2. The highest BCUT2D eigenvalue weighted by Gasteiger charge is 2.17. The number of rotatable bonds is 7. The molecule has 0 amide bonds. The summed E-state index contributed by atoms with van der Waals surface area (Å²) in [7, 11) is 0. The van der Waals surface area contributed by atoms with Crippen LogP contribution in [0.1, 0.15) is 26.3 Å². The lowest BCUT2D eigenvalue weighted by molar-refractivity contribution is -0.384. The molecular weight excluding hydrogens is 400 g/mol. The minimum atomic E-state index is -1.17. The molecule has 0 aliphatic heterocycles. The smallest absolute Gasteiger partial charge is 0.335 e. The zero-order chi connectivity index (χ0) is 21.0. The van der Waals surface area contributed by atoms with E-state index >= 15 is 0 Å². The van der Waals surface area contributed by atoms with Crippen molar-refractivity contribution in [3.63, 3.8) is 0 Å². The number of aromatic nitrogens is 4. The van der Waals surface area contributed by atoms with Gasteiger partial charge in [-0.2, -0.15) is 9.94 Å². The van der Waals surface area contributed by atoms with Crippen LogP contribution in [0.5, 0.6) is 0 Å². The highest BCUT2D eigenvalue weighted by Crippen LogP contribution is 2.23. The molecule has 1 aromatic heterocycles.